The van der Waals surface area contributed by atoms with Crippen LogP contribution in [0.1, 0.15) is 28.8 Å². The van der Waals surface area contributed by atoms with Crippen molar-refractivity contribution in [2.75, 3.05) is 5.33 Å². The first kappa shape index (κ1) is 11.5. The second-order valence-electron chi connectivity index (χ2n) is 4.37. The Hall–Kier alpha value is -1.03. The SMILES string of the molecule is Cc1ccc(C(=O)NC2(CBr)CC2)cc1O. The smallest absolute Gasteiger partial charge is 0.251 e. The van der Waals surface area contributed by atoms with Gasteiger partial charge in [-0.3, -0.25) is 4.79 Å². The molecule has 1 aromatic carbocycles. The lowest BCUT2D eigenvalue weighted by molar-refractivity contribution is 0.0936. The number of alkyl halides is 1. The minimum Gasteiger partial charge on any atom is -0.508 e. The highest BCUT2D eigenvalue weighted by Gasteiger charge is 2.42. The summed E-state index contributed by atoms with van der Waals surface area (Å²) in [5, 5.41) is 13.3. The van der Waals surface area contributed by atoms with Crippen molar-refractivity contribution < 1.29 is 9.90 Å². The number of benzene rings is 1. The minimum atomic E-state index is -0.118. The van der Waals surface area contributed by atoms with Crippen molar-refractivity contribution >= 4 is 21.8 Å². The number of rotatable bonds is 3. The summed E-state index contributed by atoms with van der Waals surface area (Å²) >= 11 is 3.40. The highest BCUT2D eigenvalue weighted by molar-refractivity contribution is 9.09. The third-order valence-corrected chi connectivity index (χ3v) is 4.03. The van der Waals surface area contributed by atoms with Crippen molar-refractivity contribution in [1.82, 2.24) is 5.32 Å². The van der Waals surface area contributed by atoms with Crippen LogP contribution in [0.25, 0.3) is 0 Å². The molecule has 2 rings (SSSR count). The van der Waals surface area contributed by atoms with Gasteiger partial charge in [0.15, 0.2) is 0 Å². The number of carbonyl (C=O) groups is 1. The van der Waals surface area contributed by atoms with E-state index in [0.717, 1.165) is 23.7 Å². The average molecular weight is 284 g/mol. The summed E-state index contributed by atoms with van der Waals surface area (Å²) in [7, 11) is 0. The molecule has 2 N–H and O–H groups in total. The fourth-order valence-corrected chi connectivity index (χ4v) is 2.21. The molecule has 1 aliphatic rings. The Labute approximate surface area is 103 Å². The highest BCUT2D eigenvalue weighted by atomic mass is 79.9. The van der Waals surface area contributed by atoms with Gasteiger partial charge < -0.3 is 10.4 Å². The van der Waals surface area contributed by atoms with E-state index < -0.39 is 0 Å². The largest absolute Gasteiger partial charge is 0.508 e. The number of phenols is 1. The molecule has 1 aromatic rings. The van der Waals surface area contributed by atoms with Gasteiger partial charge in [-0.25, -0.2) is 0 Å². The van der Waals surface area contributed by atoms with Crippen molar-refractivity contribution in [3.8, 4) is 5.75 Å². The molecular formula is C12H14BrNO2. The normalized spacial score (nSPS) is 16.9. The molecule has 0 atom stereocenters. The fourth-order valence-electron chi connectivity index (χ4n) is 1.51. The Morgan fingerprint density at radius 3 is 2.75 bits per heavy atom. The van der Waals surface area contributed by atoms with Crippen LogP contribution in [0.3, 0.4) is 0 Å². The van der Waals surface area contributed by atoms with Gasteiger partial charge in [0, 0.05) is 10.9 Å². The Balaban J connectivity index is 2.12. The van der Waals surface area contributed by atoms with Crippen LogP contribution in [0.2, 0.25) is 0 Å². The van der Waals surface area contributed by atoms with E-state index in [0.29, 0.717) is 5.56 Å². The van der Waals surface area contributed by atoms with Gasteiger partial charge in [0.25, 0.3) is 5.91 Å². The van der Waals surface area contributed by atoms with Crippen LogP contribution in [-0.4, -0.2) is 21.9 Å². The molecule has 1 amide bonds. The molecule has 0 radical (unpaired) electrons. The Morgan fingerprint density at radius 2 is 2.25 bits per heavy atom. The monoisotopic (exact) mass is 283 g/mol. The number of aromatic hydroxyl groups is 1. The summed E-state index contributed by atoms with van der Waals surface area (Å²) in [4.78, 5) is 11.9. The van der Waals surface area contributed by atoms with Crippen molar-refractivity contribution in [1.29, 1.82) is 0 Å². The lowest BCUT2D eigenvalue weighted by Gasteiger charge is -2.14. The summed E-state index contributed by atoms with van der Waals surface area (Å²) in [6, 6.07) is 4.99. The number of halogens is 1. The van der Waals surface area contributed by atoms with Crippen molar-refractivity contribution in [2.45, 2.75) is 25.3 Å². The van der Waals surface area contributed by atoms with Crippen molar-refractivity contribution in [2.24, 2.45) is 0 Å². The number of hydrogen-bond donors (Lipinski definition) is 2. The minimum absolute atomic E-state index is 0.0579. The lowest BCUT2D eigenvalue weighted by atomic mass is 10.1. The molecule has 0 unspecified atom stereocenters. The summed E-state index contributed by atoms with van der Waals surface area (Å²) < 4.78 is 0. The van der Waals surface area contributed by atoms with Crippen LogP contribution in [0.5, 0.6) is 5.75 Å². The van der Waals surface area contributed by atoms with Gasteiger partial charge in [-0.05, 0) is 37.5 Å². The molecule has 0 aromatic heterocycles. The molecule has 1 fully saturated rings. The number of aryl methyl sites for hydroxylation is 1. The van der Waals surface area contributed by atoms with E-state index >= 15 is 0 Å². The van der Waals surface area contributed by atoms with Gasteiger partial charge >= 0.3 is 0 Å². The predicted octanol–water partition coefficient (Wildman–Crippen LogP) is 2.36. The number of nitrogens with one attached hydrogen (secondary N) is 1. The standard InChI is InChI=1S/C12H14BrNO2/c1-8-2-3-9(6-10(8)15)11(16)14-12(7-13)4-5-12/h2-3,6,15H,4-5,7H2,1H3,(H,14,16). The van der Waals surface area contributed by atoms with Gasteiger partial charge in [-0.15, -0.1) is 0 Å². The molecular weight excluding hydrogens is 270 g/mol. The fraction of sp³-hybridized carbons (Fsp3) is 0.417. The van der Waals surface area contributed by atoms with Crippen LogP contribution < -0.4 is 5.32 Å². The van der Waals surface area contributed by atoms with E-state index in [1.807, 2.05) is 0 Å². The Kier molecular flexibility index (Phi) is 2.93. The van der Waals surface area contributed by atoms with E-state index in [9.17, 15) is 9.90 Å². The van der Waals surface area contributed by atoms with Gasteiger partial charge in [-0.2, -0.15) is 0 Å². The summed E-state index contributed by atoms with van der Waals surface area (Å²) in [5.74, 6) is 0.0450. The maximum Gasteiger partial charge on any atom is 0.251 e. The highest BCUT2D eigenvalue weighted by Crippen LogP contribution is 2.37. The van der Waals surface area contributed by atoms with Gasteiger partial charge in [-0.1, -0.05) is 22.0 Å². The topological polar surface area (TPSA) is 49.3 Å². The maximum atomic E-state index is 11.9. The molecule has 1 aliphatic carbocycles. The second-order valence-corrected chi connectivity index (χ2v) is 4.93. The number of phenolic OH excluding ortho intramolecular Hbond substituents is 1. The molecule has 16 heavy (non-hydrogen) atoms. The van der Waals surface area contributed by atoms with E-state index in [4.69, 9.17) is 0 Å². The van der Waals surface area contributed by atoms with E-state index in [1.165, 1.54) is 6.07 Å². The molecule has 1 saturated carbocycles. The molecule has 0 aliphatic heterocycles. The van der Waals surface area contributed by atoms with Gasteiger partial charge in [0.1, 0.15) is 5.75 Å². The summed E-state index contributed by atoms with van der Waals surface area (Å²) in [5.41, 5.74) is 1.23. The Morgan fingerprint density at radius 1 is 1.56 bits per heavy atom. The second kappa shape index (κ2) is 4.09. The molecule has 0 bridgehead atoms. The predicted molar refractivity (Wildman–Crippen MR) is 66.1 cm³/mol. The first-order valence-electron chi connectivity index (χ1n) is 5.24. The number of hydrogen-bond acceptors (Lipinski definition) is 2. The third kappa shape index (κ3) is 2.21. The Bertz CT molecular complexity index is 427. The lowest BCUT2D eigenvalue weighted by Crippen LogP contribution is -2.38. The zero-order valence-electron chi connectivity index (χ0n) is 9.09. The molecule has 86 valence electrons. The van der Waals surface area contributed by atoms with Crippen molar-refractivity contribution in [3.05, 3.63) is 29.3 Å². The van der Waals surface area contributed by atoms with Crippen LogP contribution in [0.15, 0.2) is 18.2 Å². The quantitative estimate of drug-likeness (QED) is 0.837. The molecule has 4 heteroatoms. The first-order valence-corrected chi connectivity index (χ1v) is 6.37. The van der Waals surface area contributed by atoms with E-state index in [-0.39, 0.29) is 17.2 Å². The maximum absolute atomic E-state index is 11.9. The first-order chi connectivity index (χ1) is 7.56. The number of amides is 1. The van der Waals surface area contributed by atoms with Crippen LogP contribution >= 0.6 is 15.9 Å². The summed E-state index contributed by atoms with van der Waals surface area (Å²) in [6.45, 7) is 1.80. The van der Waals surface area contributed by atoms with E-state index in [2.05, 4.69) is 21.2 Å². The molecule has 0 heterocycles. The van der Waals surface area contributed by atoms with Crippen LogP contribution in [0.4, 0.5) is 0 Å². The number of carbonyl (C=O) groups excluding carboxylic acids is 1. The summed E-state index contributed by atoms with van der Waals surface area (Å²) in [6.07, 6.45) is 2.03. The van der Waals surface area contributed by atoms with Crippen LogP contribution in [0, 0.1) is 6.92 Å². The van der Waals surface area contributed by atoms with Gasteiger partial charge in [0.2, 0.25) is 0 Å². The zero-order valence-corrected chi connectivity index (χ0v) is 10.7. The third-order valence-electron chi connectivity index (χ3n) is 2.96. The van der Waals surface area contributed by atoms with E-state index in [1.54, 1.807) is 19.1 Å². The zero-order chi connectivity index (χ0) is 11.8. The molecule has 0 spiro atoms. The average Bonchev–Trinajstić information content (AvgIpc) is 3.02. The van der Waals surface area contributed by atoms with Crippen LogP contribution in [-0.2, 0) is 0 Å². The molecule has 3 nitrogen and oxygen atoms in total. The van der Waals surface area contributed by atoms with Crippen molar-refractivity contribution in [3.63, 3.8) is 0 Å². The molecule has 0 saturated heterocycles. The van der Waals surface area contributed by atoms with Gasteiger partial charge in [0.05, 0.1) is 5.54 Å².